The second-order valence-corrected chi connectivity index (χ2v) is 8.23. The van der Waals surface area contributed by atoms with Crippen LogP contribution in [0.3, 0.4) is 0 Å². The standard InChI is InChI=1S/C22H16F4O5S/c23-21(22(24,25)26,32(28,29)30)20(27)31-18-13-11-17(12-14-18)19(15-7-3-1-4-8-15)16-9-5-2-6-10-16/h1-14,19H,(H,28,29,30)/p-1. The van der Waals surface area contributed by atoms with Gasteiger partial charge >= 0.3 is 17.1 Å². The van der Waals surface area contributed by atoms with E-state index < -0.39 is 33.0 Å². The first-order chi connectivity index (χ1) is 14.9. The van der Waals surface area contributed by atoms with Gasteiger partial charge in [0.15, 0.2) is 10.1 Å². The smallest absolute Gasteiger partial charge is 0.447 e. The minimum atomic E-state index is -6.75. The minimum Gasteiger partial charge on any atom is -0.745 e. The lowest BCUT2D eigenvalue weighted by molar-refractivity contribution is -0.209. The third-order valence-electron chi connectivity index (χ3n) is 4.66. The minimum absolute atomic E-state index is 0.278. The molecule has 1 atom stereocenters. The van der Waals surface area contributed by atoms with Gasteiger partial charge < -0.3 is 9.29 Å². The first kappa shape index (κ1) is 23.4. The molecule has 0 radical (unpaired) electrons. The number of carbonyl (C=O) groups is 1. The van der Waals surface area contributed by atoms with Gasteiger partial charge in [-0.05, 0) is 28.8 Å². The van der Waals surface area contributed by atoms with Crippen LogP contribution in [-0.4, -0.2) is 30.1 Å². The Morgan fingerprint density at radius 3 is 1.53 bits per heavy atom. The van der Waals surface area contributed by atoms with Crippen LogP contribution in [-0.2, 0) is 14.9 Å². The van der Waals surface area contributed by atoms with Gasteiger partial charge in [-0.2, -0.15) is 13.2 Å². The number of carbonyl (C=O) groups excluding carboxylic acids is 1. The average molecular weight is 467 g/mol. The van der Waals surface area contributed by atoms with Gasteiger partial charge in [0, 0.05) is 5.92 Å². The largest absolute Gasteiger partial charge is 0.745 e. The van der Waals surface area contributed by atoms with E-state index in [1.54, 1.807) is 0 Å². The summed E-state index contributed by atoms with van der Waals surface area (Å²) < 4.78 is 89.3. The molecular formula is C22H15F4O5S-. The monoisotopic (exact) mass is 467 g/mol. The lowest BCUT2D eigenvalue weighted by Crippen LogP contribution is -2.56. The normalized spacial score (nSPS) is 14.1. The van der Waals surface area contributed by atoms with Gasteiger partial charge in [-0.3, -0.25) is 0 Å². The Morgan fingerprint density at radius 2 is 1.16 bits per heavy atom. The maximum Gasteiger partial charge on any atom is 0.447 e. The number of rotatable bonds is 6. The quantitative estimate of drug-likeness (QED) is 0.175. The van der Waals surface area contributed by atoms with Crippen molar-refractivity contribution in [2.75, 3.05) is 0 Å². The van der Waals surface area contributed by atoms with E-state index in [2.05, 4.69) is 4.74 Å². The Bertz CT molecular complexity index is 1140. The van der Waals surface area contributed by atoms with Gasteiger partial charge in [0.2, 0.25) is 0 Å². The van der Waals surface area contributed by atoms with Gasteiger partial charge in [-0.1, -0.05) is 72.8 Å². The maximum absolute atomic E-state index is 14.0. The zero-order valence-electron chi connectivity index (χ0n) is 16.1. The van der Waals surface area contributed by atoms with Crippen LogP contribution in [0.4, 0.5) is 17.6 Å². The number of halogens is 4. The molecule has 32 heavy (non-hydrogen) atoms. The molecule has 0 heterocycles. The Morgan fingerprint density at radius 1 is 0.750 bits per heavy atom. The molecule has 3 aromatic rings. The number of benzene rings is 3. The molecule has 0 saturated heterocycles. The predicted octanol–water partition coefficient (Wildman–Crippen LogP) is 4.55. The molecular weight excluding hydrogens is 452 g/mol. The third-order valence-corrected chi connectivity index (χ3v) is 5.75. The number of ether oxygens (including phenoxy) is 1. The Balaban J connectivity index is 1.93. The summed E-state index contributed by atoms with van der Waals surface area (Å²) in [6.07, 6.45) is -6.31. The Hall–Kier alpha value is -3.24. The van der Waals surface area contributed by atoms with E-state index in [0.717, 1.165) is 23.3 Å². The molecule has 3 aromatic carbocycles. The highest BCUT2D eigenvalue weighted by atomic mass is 32.2. The van der Waals surface area contributed by atoms with E-state index in [-0.39, 0.29) is 5.92 Å². The van der Waals surface area contributed by atoms with E-state index in [1.165, 1.54) is 12.1 Å². The zero-order valence-corrected chi connectivity index (χ0v) is 16.9. The van der Waals surface area contributed by atoms with E-state index in [0.29, 0.717) is 5.56 Å². The Labute approximate surface area is 181 Å². The molecule has 5 nitrogen and oxygen atoms in total. The molecule has 0 bridgehead atoms. The lowest BCUT2D eigenvalue weighted by atomic mass is 9.85. The van der Waals surface area contributed by atoms with Crippen LogP contribution in [0, 0.1) is 0 Å². The van der Waals surface area contributed by atoms with Gasteiger partial charge in [-0.25, -0.2) is 17.6 Å². The predicted molar refractivity (Wildman–Crippen MR) is 105 cm³/mol. The van der Waals surface area contributed by atoms with Crippen molar-refractivity contribution in [3.63, 3.8) is 0 Å². The van der Waals surface area contributed by atoms with E-state index in [1.807, 2.05) is 60.7 Å². The molecule has 0 saturated carbocycles. The van der Waals surface area contributed by atoms with Gasteiger partial charge in [-0.15, -0.1) is 0 Å². The third kappa shape index (κ3) is 4.51. The summed E-state index contributed by atoms with van der Waals surface area (Å²) in [5.74, 6) is -3.72. The van der Waals surface area contributed by atoms with Crippen LogP contribution in [0.1, 0.15) is 22.6 Å². The summed E-state index contributed by atoms with van der Waals surface area (Å²) >= 11 is 0. The van der Waals surface area contributed by atoms with Crippen LogP contribution in [0.5, 0.6) is 5.75 Å². The summed E-state index contributed by atoms with van der Waals surface area (Å²) in [5, 5.41) is -5.73. The molecule has 0 aromatic heterocycles. The summed E-state index contributed by atoms with van der Waals surface area (Å²) in [5.41, 5.74) is 2.47. The van der Waals surface area contributed by atoms with Crippen LogP contribution in [0.2, 0.25) is 0 Å². The van der Waals surface area contributed by atoms with Crippen molar-refractivity contribution in [1.29, 1.82) is 0 Å². The van der Waals surface area contributed by atoms with Crippen molar-refractivity contribution in [2.45, 2.75) is 17.1 Å². The van der Waals surface area contributed by atoms with Crippen LogP contribution in [0.15, 0.2) is 84.9 Å². The van der Waals surface area contributed by atoms with Crippen molar-refractivity contribution in [1.82, 2.24) is 0 Å². The van der Waals surface area contributed by atoms with Crippen LogP contribution >= 0.6 is 0 Å². The molecule has 0 aliphatic rings. The van der Waals surface area contributed by atoms with Crippen molar-refractivity contribution in [3.05, 3.63) is 102 Å². The molecule has 10 heteroatoms. The summed E-state index contributed by atoms with van der Waals surface area (Å²) in [6.45, 7) is 0. The SMILES string of the molecule is O=C(Oc1ccc(C(c2ccccc2)c2ccccc2)cc1)C(F)(C(F)(F)F)S(=O)(=O)[O-]. The number of hydrogen-bond donors (Lipinski definition) is 0. The second-order valence-electron chi connectivity index (χ2n) is 6.76. The van der Waals surface area contributed by atoms with Crippen LogP contribution in [0.25, 0.3) is 0 Å². The van der Waals surface area contributed by atoms with Gasteiger partial charge in [0.25, 0.3) is 0 Å². The van der Waals surface area contributed by atoms with Crippen molar-refractivity contribution in [3.8, 4) is 5.75 Å². The summed E-state index contributed by atoms with van der Waals surface area (Å²) in [6, 6.07) is 23.6. The average Bonchev–Trinajstić information content (AvgIpc) is 2.74. The first-order valence-electron chi connectivity index (χ1n) is 9.08. The maximum atomic E-state index is 14.0. The molecule has 0 aliphatic heterocycles. The summed E-state index contributed by atoms with van der Waals surface area (Å²) in [4.78, 5) is 11.7. The van der Waals surface area contributed by atoms with Gasteiger partial charge in [0.1, 0.15) is 5.75 Å². The molecule has 3 rings (SSSR count). The fraction of sp³-hybridized carbons (Fsp3) is 0.136. The highest BCUT2D eigenvalue weighted by Gasteiger charge is 2.69. The molecule has 0 fully saturated rings. The molecule has 0 aliphatic carbocycles. The number of alkyl halides is 4. The van der Waals surface area contributed by atoms with Gasteiger partial charge in [0.05, 0.1) is 0 Å². The zero-order chi connectivity index (χ0) is 23.6. The molecule has 168 valence electrons. The molecule has 0 N–H and O–H groups in total. The van der Waals surface area contributed by atoms with Crippen molar-refractivity contribution in [2.24, 2.45) is 0 Å². The second kappa shape index (κ2) is 8.71. The fourth-order valence-electron chi connectivity index (χ4n) is 3.13. The van der Waals surface area contributed by atoms with E-state index in [9.17, 15) is 35.3 Å². The highest BCUT2D eigenvalue weighted by molar-refractivity contribution is 7.87. The summed E-state index contributed by atoms with van der Waals surface area (Å²) in [7, 11) is -6.75. The number of esters is 1. The highest BCUT2D eigenvalue weighted by Crippen LogP contribution is 2.39. The molecule has 1 unspecified atom stereocenters. The topological polar surface area (TPSA) is 83.5 Å². The fourth-order valence-corrected chi connectivity index (χ4v) is 3.66. The molecule has 0 amide bonds. The first-order valence-corrected chi connectivity index (χ1v) is 10.5. The van der Waals surface area contributed by atoms with E-state index in [4.69, 9.17) is 0 Å². The molecule has 0 spiro atoms. The Kier molecular flexibility index (Phi) is 6.38. The van der Waals surface area contributed by atoms with Crippen LogP contribution < -0.4 is 4.74 Å². The lowest BCUT2D eigenvalue weighted by Gasteiger charge is -2.27. The van der Waals surface area contributed by atoms with Crippen molar-refractivity contribution >= 4 is 16.1 Å². The van der Waals surface area contributed by atoms with Crippen molar-refractivity contribution < 1.29 is 40.1 Å². The number of hydrogen-bond acceptors (Lipinski definition) is 5. The van der Waals surface area contributed by atoms with E-state index >= 15 is 0 Å².